The topological polar surface area (TPSA) is 117 Å². The van der Waals surface area contributed by atoms with Gasteiger partial charge in [-0.05, 0) is 18.2 Å². The molecule has 8 heteroatoms. The predicted octanol–water partition coefficient (Wildman–Crippen LogP) is 0.768. The molecule has 0 spiro atoms. The molecule has 0 bridgehead atoms. The van der Waals surface area contributed by atoms with Gasteiger partial charge in [0.05, 0.1) is 13.2 Å². The van der Waals surface area contributed by atoms with Crippen LogP contribution in [0.2, 0.25) is 0 Å². The second-order valence-electron chi connectivity index (χ2n) is 3.55. The van der Waals surface area contributed by atoms with E-state index in [-0.39, 0.29) is 26.4 Å². The molecule has 0 aliphatic carbocycles. The molecule has 110 valence electrons. The van der Waals surface area contributed by atoms with E-state index in [0.29, 0.717) is 11.4 Å². The molecular formula is C12H16N2O6. The number of amides is 2. The number of carbonyl (C=O) groups excluding carboxylic acids is 2. The highest BCUT2D eigenvalue weighted by atomic mass is 16.6. The van der Waals surface area contributed by atoms with Crippen LogP contribution in [0.3, 0.4) is 0 Å². The summed E-state index contributed by atoms with van der Waals surface area (Å²) < 4.78 is 9.26. The van der Waals surface area contributed by atoms with Gasteiger partial charge in [-0.3, -0.25) is 10.6 Å². The van der Waals surface area contributed by atoms with Gasteiger partial charge in [-0.1, -0.05) is 6.07 Å². The number of rotatable bonds is 6. The number of hydrogen-bond acceptors (Lipinski definition) is 6. The summed E-state index contributed by atoms with van der Waals surface area (Å²) in [6.45, 7) is -0.716. The van der Waals surface area contributed by atoms with Crippen molar-refractivity contribution in [2.75, 3.05) is 37.1 Å². The van der Waals surface area contributed by atoms with E-state index in [9.17, 15) is 9.59 Å². The van der Waals surface area contributed by atoms with E-state index >= 15 is 0 Å². The molecular weight excluding hydrogens is 268 g/mol. The average Bonchev–Trinajstić information content (AvgIpc) is 2.43. The van der Waals surface area contributed by atoms with Crippen LogP contribution in [0.25, 0.3) is 0 Å². The van der Waals surface area contributed by atoms with E-state index in [4.69, 9.17) is 10.2 Å². The number of aliphatic hydroxyl groups excluding tert-OH is 2. The zero-order chi connectivity index (χ0) is 14.8. The van der Waals surface area contributed by atoms with Crippen LogP contribution in [0.15, 0.2) is 24.3 Å². The van der Waals surface area contributed by atoms with Crippen LogP contribution in [-0.4, -0.2) is 48.8 Å². The van der Waals surface area contributed by atoms with Crippen LogP contribution >= 0.6 is 0 Å². The third-order valence-corrected chi connectivity index (χ3v) is 2.00. The van der Waals surface area contributed by atoms with Gasteiger partial charge in [0, 0.05) is 11.4 Å². The smallest absolute Gasteiger partial charge is 0.411 e. The van der Waals surface area contributed by atoms with E-state index in [0.717, 1.165) is 0 Å². The Kier molecular flexibility index (Phi) is 6.87. The number of aliphatic hydroxyl groups is 2. The van der Waals surface area contributed by atoms with Gasteiger partial charge in [-0.15, -0.1) is 0 Å². The second-order valence-corrected chi connectivity index (χ2v) is 3.55. The quantitative estimate of drug-likeness (QED) is 0.613. The summed E-state index contributed by atoms with van der Waals surface area (Å²) in [7, 11) is 0. The largest absolute Gasteiger partial charge is 0.447 e. The Morgan fingerprint density at radius 3 is 1.80 bits per heavy atom. The number of benzene rings is 1. The van der Waals surface area contributed by atoms with Crippen molar-refractivity contribution in [3.8, 4) is 0 Å². The molecule has 0 aliphatic rings. The first-order valence-electron chi connectivity index (χ1n) is 5.85. The van der Waals surface area contributed by atoms with Crippen molar-refractivity contribution in [3.63, 3.8) is 0 Å². The molecule has 1 rings (SSSR count). The van der Waals surface area contributed by atoms with E-state index in [2.05, 4.69) is 20.1 Å². The van der Waals surface area contributed by atoms with E-state index in [1.165, 1.54) is 6.07 Å². The molecule has 0 fully saturated rings. The van der Waals surface area contributed by atoms with Crippen molar-refractivity contribution in [1.29, 1.82) is 0 Å². The molecule has 0 aliphatic heterocycles. The maximum Gasteiger partial charge on any atom is 0.411 e. The third kappa shape index (κ3) is 6.03. The molecule has 0 unspecified atom stereocenters. The van der Waals surface area contributed by atoms with Crippen LogP contribution in [0.1, 0.15) is 0 Å². The molecule has 0 saturated carbocycles. The van der Waals surface area contributed by atoms with Gasteiger partial charge >= 0.3 is 12.2 Å². The van der Waals surface area contributed by atoms with Crippen LogP contribution < -0.4 is 10.6 Å². The Morgan fingerprint density at radius 1 is 0.950 bits per heavy atom. The number of carbonyl (C=O) groups is 2. The molecule has 0 aromatic heterocycles. The number of anilines is 2. The SMILES string of the molecule is O=C(Nc1cccc(NC(=O)OCCO)c1)OCCO. The van der Waals surface area contributed by atoms with Gasteiger partial charge in [-0.2, -0.15) is 0 Å². The van der Waals surface area contributed by atoms with Crippen molar-refractivity contribution in [3.05, 3.63) is 24.3 Å². The highest BCUT2D eigenvalue weighted by Gasteiger charge is 2.06. The van der Waals surface area contributed by atoms with Crippen molar-refractivity contribution < 1.29 is 29.3 Å². The molecule has 0 radical (unpaired) electrons. The van der Waals surface area contributed by atoms with E-state index in [1.54, 1.807) is 18.2 Å². The lowest BCUT2D eigenvalue weighted by molar-refractivity contribution is 0.131. The van der Waals surface area contributed by atoms with Gasteiger partial charge in [0.15, 0.2) is 0 Å². The maximum absolute atomic E-state index is 11.3. The van der Waals surface area contributed by atoms with Gasteiger partial charge in [-0.25, -0.2) is 9.59 Å². The van der Waals surface area contributed by atoms with Crippen LogP contribution in [0, 0.1) is 0 Å². The first kappa shape index (κ1) is 15.7. The highest BCUT2D eigenvalue weighted by Crippen LogP contribution is 2.15. The molecule has 8 nitrogen and oxygen atoms in total. The maximum atomic E-state index is 11.3. The lowest BCUT2D eigenvalue weighted by Crippen LogP contribution is -2.17. The third-order valence-electron chi connectivity index (χ3n) is 2.00. The van der Waals surface area contributed by atoms with Crippen molar-refractivity contribution >= 4 is 23.6 Å². The van der Waals surface area contributed by atoms with E-state index in [1.807, 2.05) is 0 Å². The molecule has 2 amide bonds. The van der Waals surface area contributed by atoms with Crippen LogP contribution in [-0.2, 0) is 9.47 Å². The summed E-state index contributed by atoms with van der Waals surface area (Å²) in [6.07, 6.45) is -1.42. The molecule has 4 N–H and O–H groups in total. The van der Waals surface area contributed by atoms with Gasteiger partial charge in [0.25, 0.3) is 0 Å². The summed E-state index contributed by atoms with van der Waals surface area (Å²) in [5.41, 5.74) is 0.820. The number of hydrogen-bond donors (Lipinski definition) is 4. The first-order valence-corrected chi connectivity index (χ1v) is 5.85. The zero-order valence-electron chi connectivity index (χ0n) is 10.7. The van der Waals surface area contributed by atoms with Crippen LogP contribution in [0.4, 0.5) is 21.0 Å². The fourth-order valence-electron chi connectivity index (χ4n) is 1.26. The zero-order valence-corrected chi connectivity index (χ0v) is 10.7. The average molecular weight is 284 g/mol. The van der Waals surface area contributed by atoms with Crippen molar-refractivity contribution in [2.24, 2.45) is 0 Å². The summed E-state index contributed by atoms with van der Waals surface area (Å²) in [5, 5.41) is 21.9. The highest BCUT2D eigenvalue weighted by molar-refractivity contribution is 5.88. The minimum absolute atomic E-state index is 0.0999. The Bertz CT molecular complexity index is 414. The Balaban J connectivity index is 2.52. The summed E-state index contributed by atoms with van der Waals surface area (Å²) in [5.74, 6) is 0. The lowest BCUT2D eigenvalue weighted by Gasteiger charge is -2.09. The molecule has 1 aromatic rings. The lowest BCUT2D eigenvalue weighted by atomic mass is 10.3. The first-order chi connectivity index (χ1) is 9.65. The minimum atomic E-state index is -0.709. The molecule has 0 saturated heterocycles. The molecule has 1 aromatic carbocycles. The van der Waals surface area contributed by atoms with Gasteiger partial charge in [0.2, 0.25) is 0 Å². The molecule has 0 atom stereocenters. The van der Waals surface area contributed by atoms with E-state index < -0.39 is 12.2 Å². The summed E-state index contributed by atoms with van der Waals surface area (Å²) >= 11 is 0. The number of ether oxygens (including phenoxy) is 2. The second kappa shape index (κ2) is 8.73. The van der Waals surface area contributed by atoms with Gasteiger partial charge < -0.3 is 19.7 Å². The summed E-state index contributed by atoms with van der Waals surface area (Å²) in [6, 6.07) is 6.32. The standard InChI is InChI=1S/C12H16N2O6/c15-4-6-19-11(17)13-9-2-1-3-10(8-9)14-12(18)20-7-5-16/h1-3,8,15-16H,4-7H2,(H,13,17)(H,14,18). The minimum Gasteiger partial charge on any atom is -0.447 e. The Hall–Kier alpha value is -2.32. The predicted molar refractivity (Wildman–Crippen MR) is 70.6 cm³/mol. The van der Waals surface area contributed by atoms with Crippen LogP contribution in [0.5, 0.6) is 0 Å². The van der Waals surface area contributed by atoms with Crippen molar-refractivity contribution in [1.82, 2.24) is 0 Å². The monoisotopic (exact) mass is 284 g/mol. The Morgan fingerprint density at radius 2 is 1.40 bits per heavy atom. The molecule has 20 heavy (non-hydrogen) atoms. The Labute approximate surface area is 115 Å². The van der Waals surface area contributed by atoms with Gasteiger partial charge in [0.1, 0.15) is 13.2 Å². The molecule has 0 heterocycles. The van der Waals surface area contributed by atoms with Crippen molar-refractivity contribution in [2.45, 2.75) is 0 Å². The normalized spacial score (nSPS) is 9.70. The fraction of sp³-hybridized carbons (Fsp3) is 0.333. The fourth-order valence-corrected chi connectivity index (χ4v) is 1.26. The number of nitrogens with one attached hydrogen (secondary N) is 2. The summed E-state index contributed by atoms with van der Waals surface area (Å²) in [4.78, 5) is 22.5.